The Morgan fingerprint density at radius 1 is 1.33 bits per heavy atom. The number of nitrogens with zero attached hydrogens (tertiary/aromatic N) is 4. The summed E-state index contributed by atoms with van der Waals surface area (Å²) in [4.78, 5) is 8.93. The van der Waals surface area contributed by atoms with Gasteiger partial charge in [-0.1, -0.05) is 6.92 Å². The molecule has 21 heavy (non-hydrogen) atoms. The third kappa shape index (κ3) is 2.90. The molecular weight excluding hydrogens is 264 g/mol. The quantitative estimate of drug-likeness (QED) is 0.890. The van der Waals surface area contributed by atoms with Gasteiger partial charge in [-0.2, -0.15) is 5.10 Å². The molecule has 0 amide bonds. The highest BCUT2D eigenvalue weighted by atomic mass is 15.3. The maximum absolute atomic E-state index is 4.48. The summed E-state index contributed by atoms with van der Waals surface area (Å²) in [5.74, 6) is 0.969. The van der Waals surface area contributed by atoms with Gasteiger partial charge in [0.15, 0.2) is 0 Å². The van der Waals surface area contributed by atoms with E-state index in [0.29, 0.717) is 0 Å². The molecule has 1 atom stereocenters. The maximum Gasteiger partial charge on any atom is 0.133 e. The Kier molecular flexibility index (Phi) is 4.15. The maximum atomic E-state index is 4.48. The second kappa shape index (κ2) is 6.22. The van der Waals surface area contributed by atoms with Crippen LogP contribution in [0.3, 0.4) is 0 Å². The molecule has 2 aromatic heterocycles. The first-order valence-corrected chi connectivity index (χ1v) is 7.57. The molecule has 2 N–H and O–H groups in total. The second-order valence-corrected chi connectivity index (χ2v) is 5.38. The molecule has 3 heterocycles. The van der Waals surface area contributed by atoms with E-state index in [1.165, 1.54) is 11.3 Å². The normalized spacial score (nSPS) is 16.1. The Morgan fingerprint density at radius 2 is 2.19 bits per heavy atom. The van der Waals surface area contributed by atoms with Gasteiger partial charge >= 0.3 is 0 Å². The Labute approximate surface area is 125 Å². The summed E-state index contributed by atoms with van der Waals surface area (Å²) in [7, 11) is 1.98. The lowest BCUT2D eigenvalue weighted by molar-refractivity contribution is 0.630. The van der Waals surface area contributed by atoms with Gasteiger partial charge in [0.1, 0.15) is 12.1 Å². The standard InChI is InChI=1S/C15H22N6/c1-3-12(14-6-9-19-21(14)2)20-15-11-4-7-16-8-5-13(11)17-10-18-15/h6,9-10,12,16H,3-5,7-8H2,1-2H3,(H,17,18,20). The lowest BCUT2D eigenvalue weighted by Gasteiger charge is -2.20. The summed E-state index contributed by atoms with van der Waals surface area (Å²) in [6, 6.07) is 2.27. The SMILES string of the molecule is CCC(Nc1ncnc2c1CCNCC2)c1ccnn1C. The zero-order valence-electron chi connectivity index (χ0n) is 12.6. The van der Waals surface area contributed by atoms with Crippen LogP contribution in [0.1, 0.15) is 36.3 Å². The van der Waals surface area contributed by atoms with Crippen molar-refractivity contribution in [1.82, 2.24) is 25.1 Å². The molecule has 0 saturated heterocycles. The molecule has 6 heteroatoms. The van der Waals surface area contributed by atoms with E-state index >= 15 is 0 Å². The summed E-state index contributed by atoms with van der Waals surface area (Å²) < 4.78 is 1.92. The van der Waals surface area contributed by atoms with Crippen LogP contribution in [0.4, 0.5) is 5.82 Å². The molecule has 1 unspecified atom stereocenters. The fourth-order valence-electron chi connectivity index (χ4n) is 2.87. The van der Waals surface area contributed by atoms with E-state index in [2.05, 4.69) is 38.7 Å². The van der Waals surface area contributed by atoms with E-state index in [1.54, 1.807) is 6.33 Å². The molecule has 0 fully saturated rings. The first-order valence-electron chi connectivity index (χ1n) is 7.57. The fourth-order valence-corrected chi connectivity index (χ4v) is 2.87. The monoisotopic (exact) mass is 286 g/mol. The van der Waals surface area contributed by atoms with Gasteiger partial charge in [-0.3, -0.25) is 4.68 Å². The van der Waals surface area contributed by atoms with Crippen LogP contribution in [0.5, 0.6) is 0 Å². The lowest BCUT2D eigenvalue weighted by Crippen LogP contribution is -2.17. The number of aromatic nitrogens is 4. The lowest BCUT2D eigenvalue weighted by atomic mass is 10.1. The van der Waals surface area contributed by atoms with Crippen LogP contribution < -0.4 is 10.6 Å². The summed E-state index contributed by atoms with van der Waals surface area (Å²) in [6.45, 7) is 4.14. The largest absolute Gasteiger partial charge is 0.361 e. The van der Waals surface area contributed by atoms with Crippen molar-refractivity contribution in [3.63, 3.8) is 0 Å². The molecule has 3 rings (SSSR count). The van der Waals surface area contributed by atoms with Crippen molar-refractivity contribution in [1.29, 1.82) is 0 Å². The van der Waals surface area contributed by atoms with Gasteiger partial charge in [-0.25, -0.2) is 9.97 Å². The molecule has 0 saturated carbocycles. The van der Waals surface area contributed by atoms with Crippen molar-refractivity contribution in [2.75, 3.05) is 18.4 Å². The van der Waals surface area contributed by atoms with Crippen LogP contribution in [0.25, 0.3) is 0 Å². The fraction of sp³-hybridized carbons (Fsp3) is 0.533. The highest BCUT2D eigenvalue weighted by molar-refractivity contribution is 5.48. The third-order valence-corrected chi connectivity index (χ3v) is 4.06. The highest BCUT2D eigenvalue weighted by Crippen LogP contribution is 2.25. The molecular formula is C15H22N6. The molecule has 6 nitrogen and oxygen atoms in total. The Bertz CT molecular complexity index is 606. The van der Waals surface area contributed by atoms with Gasteiger partial charge in [0.25, 0.3) is 0 Å². The number of hydrogen-bond acceptors (Lipinski definition) is 5. The minimum Gasteiger partial charge on any atom is -0.361 e. The highest BCUT2D eigenvalue weighted by Gasteiger charge is 2.18. The first kappa shape index (κ1) is 14.0. The minimum atomic E-state index is 0.215. The van der Waals surface area contributed by atoms with Crippen molar-refractivity contribution in [2.45, 2.75) is 32.2 Å². The van der Waals surface area contributed by atoms with Crippen LogP contribution in [-0.4, -0.2) is 32.8 Å². The van der Waals surface area contributed by atoms with E-state index < -0.39 is 0 Å². The van der Waals surface area contributed by atoms with Crippen LogP contribution in [0, 0.1) is 0 Å². The number of aryl methyl sites for hydroxylation is 1. The number of hydrogen-bond donors (Lipinski definition) is 2. The topological polar surface area (TPSA) is 67.7 Å². The third-order valence-electron chi connectivity index (χ3n) is 4.06. The second-order valence-electron chi connectivity index (χ2n) is 5.38. The van der Waals surface area contributed by atoms with Gasteiger partial charge < -0.3 is 10.6 Å². The van der Waals surface area contributed by atoms with Crippen LogP contribution in [0.2, 0.25) is 0 Å². The van der Waals surface area contributed by atoms with Gasteiger partial charge in [0, 0.05) is 31.8 Å². The van der Waals surface area contributed by atoms with Crippen LogP contribution >= 0.6 is 0 Å². The number of fused-ring (bicyclic) bond motifs is 1. The molecule has 2 aromatic rings. The van der Waals surface area contributed by atoms with E-state index in [1.807, 2.05) is 17.9 Å². The van der Waals surface area contributed by atoms with E-state index in [-0.39, 0.29) is 6.04 Å². The Balaban J connectivity index is 1.89. The summed E-state index contributed by atoms with van der Waals surface area (Å²) in [5.41, 5.74) is 3.59. The van der Waals surface area contributed by atoms with E-state index in [9.17, 15) is 0 Å². The van der Waals surface area contributed by atoms with E-state index in [4.69, 9.17) is 0 Å². The molecule has 1 aliphatic heterocycles. The van der Waals surface area contributed by atoms with Crippen LogP contribution in [0.15, 0.2) is 18.6 Å². The number of anilines is 1. The van der Waals surface area contributed by atoms with Crippen LogP contribution in [-0.2, 0) is 19.9 Å². The molecule has 0 bridgehead atoms. The van der Waals surface area contributed by atoms with Gasteiger partial charge in [0.05, 0.1) is 17.4 Å². The van der Waals surface area contributed by atoms with Crippen molar-refractivity contribution in [3.05, 3.63) is 35.5 Å². The molecule has 0 aliphatic carbocycles. The minimum absolute atomic E-state index is 0.215. The molecule has 1 aliphatic rings. The first-order chi connectivity index (χ1) is 10.3. The predicted octanol–water partition coefficient (Wildman–Crippen LogP) is 1.46. The average Bonchev–Trinajstić information content (AvgIpc) is 2.77. The zero-order valence-corrected chi connectivity index (χ0v) is 12.6. The predicted molar refractivity (Wildman–Crippen MR) is 82.2 cm³/mol. The number of nitrogens with one attached hydrogen (secondary N) is 2. The molecule has 0 radical (unpaired) electrons. The van der Waals surface area contributed by atoms with Gasteiger partial charge in [0.2, 0.25) is 0 Å². The number of rotatable bonds is 4. The van der Waals surface area contributed by atoms with Gasteiger partial charge in [-0.15, -0.1) is 0 Å². The molecule has 0 aromatic carbocycles. The van der Waals surface area contributed by atoms with Crippen molar-refractivity contribution in [3.8, 4) is 0 Å². The Morgan fingerprint density at radius 3 is 2.95 bits per heavy atom. The summed E-state index contributed by atoms with van der Waals surface area (Å²) >= 11 is 0. The summed E-state index contributed by atoms with van der Waals surface area (Å²) in [6.07, 6.45) is 6.43. The van der Waals surface area contributed by atoms with E-state index in [0.717, 1.165) is 43.9 Å². The van der Waals surface area contributed by atoms with Crippen molar-refractivity contribution in [2.24, 2.45) is 7.05 Å². The smallest absolute Gasteiger partial charge is 0.133 e. The average molecular weight is 286 g/mol. The Hall–Kier alpha value is -1.95. The summed E-state index contributed by atoms with van der Waals surface area (Å²) in [5, 5.41) is 11.3. The molecule has 112 valence electrons. The molecule has 0 spiro atoms. The van der Waals surface area contributed by atoms with Gasteiger partial charge in [-0.05, 0) is 25.5 Å². The van der Waals surface area contributed by atoms with Crippen molar-refractivity contribution >= 4 is 5.82 Å². The zero-order chi connectivity index (χ0) is 14.7. The van der Waals surface area contributed by atoms with Crippen molar-refractivity contribution < 1.29 is 0 Å².